The summed E-state index contributed by atoms with van der Waals surface area (Å²) in [5, 5.41) is 9.17. The summed E-state index contributed by atoms with van der Waals surface area (Å²) in [6.45, 7) is 1.92. The maximum atomic E-state index is 12.1. The zero-order chi connectivity index (χ0) is 16.8. The van der Waals surface area contributed by atoms with Crippen LogP contribution in [0.2, 0.25) is 0 Å². The van der Waals surface area contributed by atoms with Crippen molar-refractivity contribution in [3.8, 4) is 0 Å². The van der Waals surface area contributed by atoms with Gasteiger partial charge < -0.3 is 16.0 Å². The van der Waals surface area contributed by atoms with Gasteiger partial charge in [0.05, 0.1) is 0 Å². The first-order valence-corrected chi connectivity index (χ1v) is 8.42. The van der Waals surface area contributed by atoms with E-state index in [1.165, 1.54) is 25.6 Å². The third kappa shape index (κ3) is 4.68. The first-order chi connectivity index (χ1) is 11.7. The third-order valence-corrected chi connectivity index (χ3v) is 4.14. The summed E-state index contributed by atoms with van der Waals surface area (Å²) >= 11 is 0. The molecule has 2 amide bonds. The van der Waals surface area contributed by atoms with Gasteiger partial charge in [0.15, 0.2) is 0 Å². The Bertz CT molecular complexity index is 697. The molecule has 0 saturated heterocycles. The number of carbonyl (C=O) groups is 1. The normalized spacial score (nSPS) is 14.9. The summed E-state index contributed by atoms with van der Waals surface area (Å²) in [6, 6.07) is 9.61. The molecule has 1 saturated carbocycles. The van der Waals surface area contributed by atoms with E-state index in [9.17, 15) is 4.79 Å². The average molecular weight is 325 g/mol. The molecule has 3 rings (SSSR count). The molecule has 0 spiro atoms. The molecule has 2 aromatic rings. The average Bonchev–Trinajstić information content (AvgIpc) is 2.56. The van der Waals surface area contributed by atoms with Crippen molar-refractivity contribution >= 4 is 23.2 Å². The molecular weight excluding hydrogens is 302 g/mol. The summed E-state index contributed by atoms with van der Waals surface area (Å²) in [4.78, 5) is 20.4. The molecule has 1 aliphatic rings. The van der Waals surface area contributed by atoms with E-state index in [0.29, 0.717) is 6.04 Å². The van der Waals surface area contributed by atoms with Crippen LogP contribution in [-0.2, 0) is 0 Å². The summed E-state index contributed by atoms with van der Waals surface area (Å²) < 4.78 is 0. The molecular formula is C18H23N5O. The fourth-order valence-electron chi connectivity index (χ4n) is 2.94. The SMILES string of the molecule is Cc1cc(Nc2cccc(NC(=O)NC3CCCCC3)c2)ncn1. The Labute approximate surface area is 142 Å². The number of carbonyl (C=O) groups excluding carboxylic acids is 1. The Morgan fingerprint density at radius 3 is 2.67 bits per heavy atom. The molecule has 1 aromatic carbocycles. The summed E-state index contributed by atoms with van der Waals surface area (Å²) in [5.74, 6) is 0.728. The number of nitrogens with one attached hydrogen (secondary N) is 3. The van der Waals surface area contributed by atoms with E-state index in [0.717, 1.165) is 35.7 Å². The Morgan fingerprint density at radius 1 is 1.08 bits per heavy atom. The number of hydrogen-bond donors (Lipinski definition) is 3. The molecule has 0 unspecified atom stereocenters. The van der Waals surface area contributed by atoms with E-state index >= 15 is 0 Å². The Balaban J connectivity index is 1.59. The zero-order valence-corrected chi connectivity index (χ0v) is 13.9. The highest BCUT2D eigenvalue weighted by Gasteiger charge is 2.15. The maximum absolute atomic E-state index is 12.1. The van der Waals surface area contributed by atoms with Crippen molar-refractivity contribution in [3.63, 3.8) is 0 Å². The van der Waals surface area contributed by atoms with Crippen molar-refractivity contribution in [1.29, 1.82) is 0 Å². The van der Waals surface area contributed by atoms with Crippen molar-refractivity contribution < 1.29 is 4.79 Å². The van der Waals surface area contributed by atoms with Gasteiger partial charge in [-0.25, -0.2) is 14.8 Å². The number of nitrogens with zero attached hydrogens (tertiary/aromatic N) is 2. The van der Waals surface area contributed by atoms with Crippen LogP contribution in [0.1, 0.15) is 37.8 Å². The molecule has 0 aliphatic heterocycles. The molecule has 1 aromatic heterocycles. The predicted octanol–water partition coefficient (Wildman–Crippen LogP) is 3.98. The van der Waals surface area contributed by atoms with Gasteiger partial charge in [0.1, 0.15) is 12.1 Å². The Hall–Kier alpha value is -2.63. The number of amides is 2. The fourth-order valence-corrected chi connectivity index (χ4v) is 2.94. The van der Waals surface area contributed by atoms with Gasteiger partial charge in [0, 0.05) is 29.2 Å². The second kappa shape index (κ2) is 7.77. The van der Waals surface area contributed by atoms with Crippen LogP contribution in [0.3, 0.4) is 0 Å². The predicted molar refractivity (Wildman–Crippen MR) is 95.5 cm³/mol. The molecule has 6 nitrogen and oxygen atoms in total. The first kappa shape index (κ1) is 16.2. The van der Waals surface area contributed by atoms with Crippen LogP contribution in [-0.4, -0.2) is 22.0 Å². The second-order valence-corrected chi connectivity index (χ2v) is 6.18. The van der Waals surface area contributed by atoms with Crippen molar-refractivity contribution in [2.75, 3.05) is 10.6 Å². The van der Waals surface area contributed by atoms with Crippen molar-refractivity contribution in [1.82, 2.24) is 15.3 Å². The summed E-state index contributed by atoms with van der Waals surface area (Å²) in [5.41, 5.74) is 2.51. The van der Waals surface area contributed by atoms with Gasteiger partial charge in [-0.15, -0.1) is 0 Å². The Kier molecular flexibility index (Phi) is 5.25. The molecule has 1 heterocycles. The van der Waals surface area contributed by atoms with Crippen molar-refractivity contribution in [3.05, 3.63) is 42.4 Å². The summed E-state index contributed by atoms with van der Waals surface area (Å²) in [6.07, 6.45) is 7.34. The highest BCUT2D eigenvalue weighted by molar-refractivity contribution is 5.90. The number of aryl methyl sites for hydroxylation is 1. The van der Waals surface area contributed by atoms with Gasteiger partial charge in [0.25, 0.3) is 0 Å². The molecule has 6 heteroatoms. The van der Waals surface area contributed by atoms with E-state index in [1.54, 1.807) is 0 Å². The standard InChI is InChI=1S/C18H23N5O/c1-13-10-17(20-12-19-13)21-15-8-5-9-16(11-15)23-18(24)22-14-6-3-2-4-7-14/h5,8-12,14H,2-4,6-7H2,1H3,(H,19,20,21)(H2,22,23,24). The minimum Gasteiger partial charge on any atom is -0.340 e. The van der Waals surface area contributed by atoms with Crippen LogP contribution in [0, 0.1) is 6.92 Å². The van der Waals surface area contributed by atoms with Gasteiger partial charge in [-0.3, -0.25) is 0 Å². The van der Waals surface area contributed by atoms with Gasteiger partial charge in [0.2, 0.25) is 0 Å². The van der Waals surface area contributed by atoms with E-state index < -0.39 is 0 Å². The van der Waals surface area contributed by atoms with Crippen LogP contribution in [0.15, 0.2) is 36.7 Å². The number of hydrogen-bond acceptors (Lipinski definition) is 4. The van der Waals surface area contributed by atoms with Gasteiger partial charge in [-0.2, -0.15) is 0 Å². The van der Waals surface area contributed by atoms with E-state index in [4.69, 9.17) is 0 Å². The molecule has 3 N–H and O–H groups in total. The minimum atomic E-state index is -0.142. The topological polar surface area (TPSA) is 78.9 Å². The van der Waals surface area contributed by atoms with E-state index in [-0.39, 0.29) is 6.03 Å². The number of urea groups is 1. The fraction of sp³-hybridized carbons (Fsp3) is 0.389. The molecule has 0 atom stereocenters. The van der Waals surface area contributed by atoms with Crippen molar-refractivity contribution in [2.45, 2.75) is 45.1 Å². The molecule has 126 valence electrons. The highest BCUT2D eigenvalue weighted by Crippen LogP contribution is 2.20. The van der Waals surface area contributed by atoms with Gasteiger partial charge in [-0.1, -0.05) is 25.3 Å². The van der Waals surface area contributed by atoms with Crippen LogP contribution < -0.4 is 16.0 Å². The summed E-state index contributed by atoms with van der Waals surface area (Å²) in [7, 11) is 0. The third-order valence-electron chi connectivity index (χ3n) is 4.14. The highest BCUT2D eigenvalue weighted by atomic mass is 16.2. The molecule has 24 heavy (non-hydrogen) atoms. The van der Waals surface area contributed by atoms with Gasteiger partial charge >= 0.3 is 6.03 Å². The second-order valence-electron chi connectivity index (χ2n) is 6.18. The quantitative estimate of drug-likeness (QED) is 0.794. The lowest BCUT2D eigenvalue weighted by atomic mass is 9.96. The van der Waals surface area contributed by atoms with Crippen LogP contribution in [0.25, 0.3) is 0 Å². The number of benzene rings is 1. The number of anilines is 3. The number of rotatable bonds is 4. The van der Waals surface area contributed by atoms with Crippen molar-refractivity contribution in [2.24, 2.45) is 0 Å². The monoisotopic (exact) mass is 325 g/mol. The maximum Gasteiger partial charge on any atom is 0.319 e. The lowest BCUT2D eigenvalue weighted by Gasteiger charge is -2.22. The minimum absolute atomic E-state index is 0.142. The van der Waals surface area contributed by atoms with Crippen LogP contribution >= 0.6 is 0 Å². The largest absolute Gasteiger partial charge is 0.340 e. The van der Waals surface area contributed by atoms with Gasteiger partial charge in [-0.05, 0) is 38.0 Å². The zero-order valence-electron chi connectivity index (χ0n) is 13.9. The van der Waals surface area contributed by atoms with Crippen LogP contribution in [0.5, 0.6) is 0 Å². The van der Waals surface area contributed by atoms with E-state index in [1.807, 2.05) is 37.3 Å². The Morgan fingerprint density at radius 2 is 1.88 bits per heavy atom. The smallest absolute Gasteiger partial charge is 0.319 e. The lowest BCUT2D eigenvalue weighted by Crippen LogP contribution is -2.39. The number of aromatic nitrogens is 2. The molecule has 1 aliphatic carbocycles. The molecule has 1 fully saturated rings. The molecule has 0 bridgehead atoms. The van der Waals surface area contributed by atoms with E-state index in [2.05, 4.69) is 25.9 Å². The first-order valence-electron chi connectivity index (χ1n) is 8.42. The van der Waals surface area contributed by atoms with Crippen LogP contribution in [0.4, 0.5) is 22.0 Å². The lowest BCUT2D eigenvalue weighted by molar-refractivity contribution is 0.244. The molecule has 0 radical (unpaired) electrons.